The summed E-state index contributed by atoms with van der Waals surface area (Å²) < 4.78 is 20.4. The highest BCUT2D eigenvalue weighted by Gasteiger charge is 2.09. The van der Waals surface area contributed by atoms with Gasteiger partial charge in [0.1, 0.15) is 10.7 Å². The van der Waals surface area contributed by atoms with E-state index in [1.165, 1.54) is 19.3 Å². The van der Waals surface area contributed by atoms with E-state index in [-0.39, 0.29) is 5.75 Å². The average Bonchev–Trinajstić information content (AvgIpc) is 2.03. The molecule has 1 rings (SSSR count). The fourth-order valence-corrected chi connectivity index (χ4v) is 1.65. The Labute approximate surface area is 69.3 Å². The summed E-state index contributed by atoms with van der Waals surface area (Å²) in [6.07, 6.45) is 3.69. The van der Waals surface area contributed by atoms with Crippen LogP contribution < -0.4 is 0 Å². The molecule has 0 unspecified atom stereocenters. The van der Waals surface area contributed by atoms with E-state index < -0.39 is 10.7 Å². The van der Waals surface area contributed by atoms with Crippen molar-refractivity contribution in [2.24, 2.45) is 0 Å². The van der Waals surface area contributed by atoms with Crippen LogP contribution in [0.2, 0.25) is 0 Å². The molecule has 0 amide bonds. The van der Waals surface area contributed by atoms with Gasteiger partial charge < -0.3 is 0 Å². The highest BCUT2D eigenvalue weighted by Crippen LogP contribution is 2.09. The van der Waals surface area contributed by atoms with Gasteiger partial charge in [0.2, 0.25) is 0 Å². The molecule has 0 aromatic heterocycles. The number of rotatable bonds is 3. The molecule has 0 atom stereocenters. The van der Waals surface area contributed by atoms with Crippen molar-refractivity contribution in [1.29, 1.82) is 0 Å². The Morgan fingerprint density at radius 2 is 1.82 bits per heavy atom. The van der Waals surface area contributed by atoms with Crippen LogP contribution in [0.15, 0.2) is 0 Å². The van der Waals surface area contributed by atoms with Gasteiger partial charge >= 0.3 is 0 Å². The van der Waals surface area contributed by atoms with E-state index in [0.29, 0.717) is 0 Å². The molecule has 3 nitrogen and oxygen atoms in total. The molecule has 1 aliphatic heterocycles. The fraction of sp³-hybridized carbons (Fsp3) is 0.857. The molecular formula is C7H14NO2S. The Morgan fingerprint density at radius 3 is 2.36 bits per heavy atom. The standard InChI is InChI=1S/C7H14NO2S/c9-11(10)7-6-8-4-2-1-3-5-8/h6,11H,1-5,7H2. The van der Waals surface area contributed by atoms with Gasteiger partial charge in [-0.15, -0.1) is 0 Å². The topological polar surface area (TPSA) is 37.4 Å². The summed E-state index contributed by atoms with van der Waals surface area (Å²) in [7, 11) is -2.22. The summed E-state index contributed by atoms with van der Waals surface area (Å²) in [5.41, 5.74) is 0. The third-order valence-electron chi connectivity index (χ3n) is 1.88. The molecule has 1 radical (unpaired) electrons. The Kier molecular flexibility index (Phi) is 3.86. The third kappa shape index (κ3) is 3.72. The molecule has 0 bridgehead atoms. The second-order valence-corrected chi connectivity index (χ2v) is 3.83. The number of nitrogens with zero attached hydrogens (tertiary/aromatic N) is 1. The molecule has 0 spiro atoms. The van der Waals surface area contributed by atoms with Crippen molar-refractivity contribution < 1.29 is 8.42 Å². The molecule has 0 aromatic carbocycles. The van der Waals surface area contributed by atoms with Gasteiger partial charge in [0.15, 0.2) is 0 Å². The zero-order valence-corrected chi connectivity index (χ0v) is 7.43. The Bertz CT molecular complexity index is 165. The first kappa shape index (κ1) is 9.00. The molecule has 1 saturated heterocycles. The normalized spacial score (nSPS) is 20.8. The summed E-state index contributed by atoms with van der Waals surface area (Å²) in [5, 5.41) is 0. The van der Waals surface area contributed by atoms with Crippen LogP contribution in [0.5, 0.6) is 0 Å². The van der Waals surface area contributed by atoms with E-state index in [9.17, 15) is 8.42 Å². The van der Waals surface area contributed by atoms with Crippen molar-refractivity contribution >= 4 is 10.7 Å². The Hall–Kier alpha value is -0.0900. The summed E-state index contributed by atoms with van der Waals surface area (Å²) in [4.78, 5) is 2.11. The molecule has 0 N–H and O–H groups in total. The van der Waals surface area contributed by atoms with E-state index in [1.54, 1.807) is 6.54 Å². The third-order valence-corrected chi connectivity index (χ3v) is 2.34. The molecule has 4 heteroatoms. The maximum atomic E-state index is 10.2. The zero-order chi connectivity index (χ0) is 8.10. The number of piperidine rings is 1. The minimum atomic E-state index is -2.22. The van der Waals surface area contributed by atoms with Gasteiger partial charge in [-0.2, -0.15) is 0 Å². The Morgan fingerprint density at radius 1 is 1.18 bits per heavy atom. The first-order chi connectivity index (χ1) is 5.29. The predicted molar refractivity (Wildman–Crippen MR) is 44.9 cm³/mol. The summed E-state index contributed by atoms with van der Waals surface area (Å²) in [6, 6.07) is 0. The molecule has 65 valence electrons. The van der Waals surface area contributed by atoms with Gasteiger partial charge in [-0.1, -0.05) is 6.42 Å². The lowest BCUT2D eigenvalue weighted by Crippen LogP contribution is -2.28. The Balaban J connectivity index is 2.14. The first-order valence-electron chi connectivity index (χ1n) is 3.98. The van der Waals surface area contributed by atoms with Crippen LogP contribution in [-0.2, 0) is 10.7 Å². The summed E-state index contributed by atoms with van der Waals surface area (Å²) >= 11 is 0. The largest absolute Gasteiger partial charge is 0.298 e. The van der Waals surface area contributed by atoms with Crippen LogP contribution >= 0.6 is 0 Å². The van der Waals surface area contributed by atoms with Crippen molar-refractivity contribution in [3.63, 3.8) is 0 Å². The van der Waals surface area contributed by atoms with Crippen molar-refractivity contribution in [2.45, 2.75) is 19.3 Å². The van der Waals surface area contributed by atoms with Gasteiger partial charge in [0.05, 0.1) is 5.75 Å². The maximum absolute atomic E-state index is 10.2. The van der Waals surface area contributed by atoms with Crippen LogP contribution in [0.3, 0.4) is 0 Å². The smallest absolute Gasteiger partial charge is 0.141 e. The van der Waals surface area contributed by atoms with Crippen LogP contribution in [-0.4, -0.2) is 32.2 Å². The van der Waals surface area contributed by atoms with Crippen molar-refractivity contribution in [3.05, 3.63) is 6.54 Å². The lowest BCUT2D eigenvalue weighted by molar-refractivity contribution is 0.280. The quantitative estimate of drug-likeness (QED) is 0.626. The maximum Gasteiger partial charge on any atom is 0.141 e. The van der Waals surface area contributed by atoms with Crippen molar-refractivity contribution in [2.75, 3.05) is 18.8 Å². The predicted octanol–water partition coefficient (Wildman–Crippen LogP) is 0.245. The molecule has 1 heterocycles. The van der Waals surface area contributed by atoms with Crippen LogP contribution in [0, 0.1) is 6.54 Å². The zero-order valence-electron chi connectivity index (χ0n) is 6.53. The second-order valence-electron chi connectivity index (χ2n) is 2.79. The SMILES string of the molecule is O=[SH](=O)C[CH]N1CCCCC1. The van der Waals surface area contributed by atoms with Gasteiger partial charge in [0, 0.05) is 6.54 Å². The van der Waals surface area contributed by atoms with E-state index in [2.05, 4.69) is 4.90 Å². The molecular weight excluding hydrogens is 162 g/mol. The van der Waals surface area contributed by atoms with Gasteiger partial charge in [-0.05, 0) is 25.9 Å². The molecule has 0 saturated carbocycles. The molecule has 0 aromatic rings. The number of thiol groups is 1. The lowest BCUT2D eigenvalue weighted by atomic mass is 10.1. The average molecular weight is 176 g/mol. The van der Waals surface area contributed by atoms with Crippen molar-refractivity contribution in [1.82, 2.24) is 4.90 Å². The minimum Gasteiger partial charge on any atom is -0.298 e. The van der Waals surface area contributed by atoms with E-state index in [0.717, 1.165) is 13.1 Å². The van der Waals surface area contributed by atoms with E-state index in [4.69, 9.17) is 0 Å². The van der Waals surface area contributed by atoms with E-state index in [1.807, 2.05) is 0 Å². The monoisotopic (exact) mass is 176 g/mol. The van der Waals surface area contributed by atoms with Crippen LogP contribution in [0.25, 0.3) is 0 Å². The number of likely N-dealkylation sites (tertiary alicyclic amines) is 1. The minimum absolute atomic E-state index is 0.204. The van der Waals surface area contributed by atoms with Crippen LogP contribution in [0.1, 0.15) is 19.3 Å². The molecule has 1 fully saturated rings. The highest BCUT2D eigenvalue weighted by atomic mass is 32.2. The number of hydrogen-bond donors (Lipinski definition) is 1. The fourth-order valence-electron chi connectivity index (χ4n) is 1.28. The molecule has 1 aliphatic rings. The van der Waals surface area contributed by atoms with Crippen molar-refractivity contribution in [3.8, 4) is 0 Å². The highest BCUT2D eigenvalue weighted by molar-refractivity contribution is 7.72. The van der Waals surface area contributed by atoms with E-state index >= 15 is 0 Å². The first-order valence-corrected chi connectivity index (χ1v) is 5.34. The van der Waals surface area contributed by atoms with Crippen LogP contribution in [0.4, 0.5) is 0 Å². The van der Waals surface area contributed by atoms with Gasteiger partial charge in [0.25, 0.3) is 0 Å². The van der Waals surface area contributed by atoms with Gasteiger partial charge in [-0.3, -0.25) is 4.90 Å². The number of hydrogen-bond acceptors (Lipinski definition) is 3. The molecule has 11 heavy (non-hydrogen) atoms. The molecule has 0 aliphatic carbocycles. The summed E-state index contributed by atoms with van der Waals surface area (Å²) in [5.74, 6) is 0.204. The lowest BCUT2D eigenvalue weighted by Gasteiger charge is -2.24. The summed E-state index contributed by atoms with van der Waals surface area (Å²) in [6.45, 7) is 3.86. The van der Waals surface area contributed by atoms with Gasteiger partial charge in [-0.25, -0.2) is 8.42 Å². The second kappa shape index (κ2) is 4.72.